The third-order valence-electron chi connectivity index (χ3n) is 5.66. The van der Waals surface area contributed by atoms with Crippen LogP contribution in [0.25, 0.3) is 0 Å². The van der Waals surface area contributed by atoms with Gasteiger partial charge in [0.1, 0.15) is 0 Å². The van der Waals surface area contributed by atoms with E-state index < -0.39 is 12.3 Å². The summed E-state index contributed by atoms with van der Waals surface area (Å²) in [6.07, 6.45) is 4.89. The molecule has 3 aromatic carbocycles. The number of benzene rings is 3. The second-order valence-electron chi connectivity index (χ2n) is 8.15. The summed E-state index contributed by atoms with van der Waals surface area (Å²) in [4.78, 5) is 10.7. The van der Waals surface area contributed by atoms with Gasteiger partial charge in [0.05, 0.1) is 12.7 Å². The first kappa shape index (κ1) is 22.8. The van der Waals surface area contributed by atoms with Gasteiger partial charge in [-0.1, -0.05) is 72.8 Å². The van der Waals surface area contributed by atoms with Gasteiger partial charge in [-0.05, 0) is 42.7 Å². The monoisotopic (exact) mass is 443 g/mol. The maximum Gasteiger partial charge on any atom is 0.303 e. The molecular weight excluding hydrogens is 414 g/mol. The number of carbonyl (C=O) groups is 1. The van der Waals surface area contributed by atoms with Gasteiger partial charge in [-0.3, -0.25) is 4.79 Å². The molecule has 2 N–H and O–H groups in total. The van der Waals surface area contributed by atoms with Crippen molar-refractivity contribution in [2.75, 3.05) is 11.9 Å². The summed E-state index contributed by atoms with van der Waals surface area (Å²) < 4.78 is 12.6. The van der Waals surface area contributed by atoms with Gasteiger partial charge in [-0.2, -0.15) is 0 Å². The normalized spacial score (nSPS) is 20.5. The van der Waals surface area contributed by atoms with Crippen molar-refractivity contribution < 1.29 is 19.4 Å². The van der Waals surface area contributed by atoms with Gasteiger partial charge in [-0.15, -0.1) is 0 Å². The molecule has 3 atom stereocenters. The lowest BCUT2D eigenvalue weighted by molar-refractivity contribution is -0.243. The van der Waals surface area contributed by atoms with Gasteiger partial charge in [0.2, 0.25) is 0 Å². The average molecular weight is 444 g/mol. The standard InChI is InChI=1S/C28H29NO4/c30-26(31)15-9-2-6-12-23-20-32-28(33-27(23)21-10-4-1-5-11-21)22-16-18-25(19-17-22)29-24-13-7-3-8-14-24/h1-8,10-11,13-14,16-19,23,27-29H,9,12,15,20H2,(H,30,31)/b6-2-. The molecule has 1 aliphatic rings. The molecule has 0 amide bonds. The highest BCUT2D eigenvalue weighted by Crippen LogP contribution is 2.40. The largest absolute Gasteiger partial charge is 0.481 e. The lowest BCUT2D eigenvalue weighted by atomic mass is 9.92. The number of carboxylic acids is 1. The molecule has 0 aliphatic carbocycles. The van der Waals surface area contributed by atoms with Crippen LogP contribution in [-0.4, -0.2) is 17.7 Å². The van der Waals surface area contributed by atoms with Crippen molar-refractivity contribution in [2.45, 2.75) is 31.7 Å². The fourth-order valence-corrected chi connectivity index (χ4v) is 3.95. The van der Waals surface area contributed by atoms with E-state index in [1.165, 1.54) is 0 Å². The Morgan fingerprint density at radius 3 is 2.24 bits per heavy atom. The van der Waals surface area contributed by atoms with Crippen molar-refractivity contribution in [1.82, 2.24) is 0 Å². The molecule has 1 saturated heterocycles. The molecule has 5 nitrogen and oxygen atoms in total. The predicted octanol–water partition coefficient (Wildman–Crippen LogP) is 6.64. The molecule has 5 heteroatoms. The highest BCUT2D eigenvalue weighted by Gasteiger charge is 2.33. The van der Waals surface area contributed by atoms with Crippen LogP contribution in [0.1, 0.15) is 42.8 Å². The maximum atomic E-state index is 10.7. The maximum absolute atomic E-state index is 10.7. The first-order chi connectivity index (χ1) is 16.2. The first-order valence-corrected chi connectivity index (χ1v) is 11.3. The van der Waals surface area contributed by atoms with Crippen LogP contribution in [-0.2, 0) is 14.3 Å². The Kier molecular flexibility index (Phi) is 7.90. The van der Waals surface area contributed by atoms with Crippen LogP contribution in [0.3, 0.4) is 0 Å². The number of carboxylic acid groups (broad SMARTS) is 1. The van der Waals surface area contributed by atoms with E-state index in [2.05, 4.69) is 17.4 Å². The van der Waals surface area contributed by atoms with E-state index in [-0.39, 0.29) is 18.4 Å². The van der Waals surface area contributed by atoms with E-state index in [1.54, 1.807) is 0 Å². The zero-order valence-electron chi connectivity index (χ0n) is 18.5. The summed E-state index contributed by atoms with van der Waals surface area (Å²) in [5.41, 5.74) is 4.14. The van der Waals surface area contributed by atoms with Gasteiger partial charge in [0.25, 0.3) is 0 Å². The van der Waals surface area contributed by atoms with Crippen LogP contribution < -0.4 is 5.32 Å². The molecule has 0 spiro atoms. The number of hydrogen-bond donors (Lipinski definition) is 2. The van der Waals surface area contributed by atoms with Gasteiger partial charge in [-0.25, -0.2) is 0 Å². The lowest BCUT2D eigenvalue weighted by Crippen LogP contribution is -2.30. The van der Waals surface area contributed by atoms with Crippen LogP contribution in [0.5, 0.6) is 0 Å². The molecule has 3 aromatic rings. The van der Waals surface area contributed by atoms with Crippen molar-refractivity contribution in [3.8, 4) is 0 Å². The molecule has 1 aliphatic heterocycles. The molecule has 0 radical (unpaired) electrons. The summed E-state index contributed by atoms with van der Waals surface area (Å²) in [5.74, 6) is -0.622. The van der Waals surface area contributed by atoms with Crippen LogP contribution in [0.2, 0.25) is 0 Å². The minimum atomic E-state index is -0.779. The van der Waals surface area contributed by atoms with Crippen molar-refractivity contribution >= 4 is 17.3 Å². The smallest absolute Gasteiger partial charge is 0.303 e. The first-order valence-electron chi connectivity index (χ1n) is 11.3. The van der Waals surface area contributed by atoms with Crippen molar-refractivity contribution in [2.24, 2.45) is 5.92 Å². The molecule has 1 heterocycles. The Morgan fingerprint density at radius 2 is 1.55 bits per heavy atom. The van der Waals surface area contributed by atoms with E-state index in [0.29, 0.717) is 13.0 Å². The fraction of sp³-hybridized carbons (Fsp3) is 0.250. The minimum absolute atomic E-state index is 0.101. The Bertz CT molecular complexity index is 1030. The molecule has 3 unspecified atom stereocenters. The number of ether oxygens (including phenoxy) is 2. The molecular formula is C28H29NO4. The minimum Gasteiger partial charge on any atom is -0.481 e. The van der Waals surface area contributed by atoms with E-state index in [0.717, 1.165) is 28.9 Å². The molecule has 0 aromatic heterocycles. The number of nitrogens with one attached hydrogen (secondary N) is 1. The Balaban J connectivity index is 1.42. The average Bonchev–Trinajstić information content (AvgIpc) is 2.85. The van der Waals surface area contributed by atoms with Crippen LogP contribution in [0.15, 0.2) is 97.1 Å². The zero-order chi connectivity index (χ0) is 22.9. The number of rotatable bonds is 9. The summed E-state index contributed by atoms with van der Waals surface area (Å²) in [6.45, 7) is 0.567. The summed E-state index contributed by atoms with van der Waals surface area (Å²) in [6, 6.07) is 28.4. The van der Waals surface area contributed by atoms with Crippen LogP contribution >= 0.6 is 0 Å². The number of anilines is 2. The van der Waals surface area contributed by atoms with E-state index in [4.69, 9.17) is 14.6 Å². The third-order valence-corrected chi connectivity index (χ3v) is 5.66. The second kappa shape index (κ2) is 11.5. The van der Waals surface area contributed by atoms with Crippen molar-refractivity contribution in [1.29, 1.82) is 0 Å². The molecule has 1 fully saturated rings. The number of allylic oxidation sites excluding steroid dienone is 2. The third kappa shape index (κ3) is 6.54. The lowest BCUT2D eigenvalue weighted by Gasteiger charge is -2.37. The number of para-hydroxylation sites is 1. The highest BCUT2D eigenvalue weighted by atomic mass is 16.7. The summed E-state index contributed by atoms with van der Waals surface area (Å²) in [7, 11) is 0. The number of aliphatic carboxylic acids is 1. The molecule has 0 bridgehead atoms. The van der Waals surface area contributed by atoms with E-state index in [1.807, 2.05) is 84.9 Å². The van der Waals surface area contributed by atoms with E-state index >= 15 is 0 Å². The van der Waals surface area contributed by atoms with Gasteiger partial charge in [0.15, 0.2) is 6.29 Å². The van der Waals surface area contributed by atoms with Gasteiger partial charge in [0, 0.05) is 29.3 Å². The Morgan fingerprint density at radius 1 is 0.879 bits per heavy atom. The summed E-state index contributed by atoms with van der Waals surface area (Å²) >= 11 is 0. The highest BCUT2D eigenvalue weighted by molar-refractivity contribution is 5.66. The SMILES string of the molecule is O=C(O)CC/C=C\CC1COC(c2ccc(Nc3ccccc3)cc2)OC1c1ccccc1. The van der Waals surface area contributed by atoms with Crippen molar-refractivity contribution in [3.63, 3.8) is 0 Å². The van der Waals surface area contributed by atoms with Crippen molar-refractivity contribution in [3.05, 3.63) is 108 Å². The van der Waals surface area contributed by atoms with Gasteiger partial charge < -0.3 is 19.9 Å². The Hall–Kier alpha value is -3.41. The molecule has 33 heavy (non-hydrogen) atoms. The molecule has 0 saturated carbocycles. The number of hydrogen-bond acceptors (Lipinski definition) is 4. The van der Waals surface area contributed by atoms with Gasteiger partial charge >= 0.3 is 5.97 Å². The van der Waals surface area contributed by atoms with Crippen LogP contribution in [0.4, 0.5) is 11.4 Å². The van der Waals surface area contributed by atoms with E-state index in [9.17, 15) is 4.79 Å². The predicted molar refractivity (Wildman–Crippen MR) is 129 cm³/mol. The summed E-state index contributed by atoms with van der Waals surface area (Å²) in [5, 5.41) is 12.2. The quantitative estimate of drug-likeness (QED) is 0.363. The molecule has 170 valence electrons. The fourth-order valence-electron chi connectivity index (χ4n) is 3.95. The second-order valence-corrected chi connectivity index (χ2v) is 8.15. The zero-order valence-corrected chi connectivity index (χ0v) is 18.5. The topological polar surface area (TPSA) is 67.8 Å². The van der Waals surface area contributed by atoms with Crippen LogP contribution in [0, 0.1) is 5.92 Å². The molecule has 4 rings (SSSR count). The Labute approximate surface area is 194 Å².